The number of nitrogens with zero attached hydrogens (tertiary/aromatic N) is 1. The molecule has 1 heterocycles. The van der Waals surface area contributed by atoms with Crippen molar-refractivity contribution in [3.63, 3.8) is 0 Å². The molecule has 1 unspecified atom stereocenters. The van der Waals surface area contributed by atoms with E-state index in [4.69, 9.17) is 4.74 Å². The molecule has 1 aromatic carbocycles. The van der Waals surface area contributed by atoms with E-state index in [2.05, 4.69) is 46.1 Å². The monoisotopic (exact) mass is 368 g/mol. The number of benzene rings is 1. The maximum absolute atomic E-state index is 5.49. The Labute approximate surface area is 138 Å². The molecule has 3 nitrogen and oxygen atoms in total. The second-order valence-electron chi connectivity index (χ2n) is 4.97. The fraction of sp³-hybridized carbons (Fsp3) is 0.438. The van der Waals surface area contributed by atoms with Crippen LogP contribution >= 0.6 is 27.3 Å². The number of hydrogen-bond acceptors (Lipinski definition) is 4. The van der Waals surface area contributed by atoms with Crippen molar-refractivity contribution < 1.29 is 4.74 Å². The zero-order valence-corrected chi connectivity index (χ0v) is 15.1. The third-order valence-electron chi connectivity index (χ3n) is 3.41. The number of aryl methyl sites for hydroxylation is 1. The summed E-state index contributed by atoms with van der Waals surface area (Å²) in [4.78, 5) is 5.70. The molecule has 0 bridgehead atoms. The first-order valence-corrected chi connectivity index (χ1v) is 8.78. The third-order valence-corrected chi connectivity index (χ3v) is 4.94. The van der Waals surface area contributed by atoms with Crippen LogP contribution < -0.4 is 10.1 Å². The zero-order valence-electron chi connectivity index (χ0n) is 12.6. The second kappa shape index (κ2) is 7.92. The Kier molecular flexibility index (Phi) is 6.21. The Balaban J connectivity index is 2.26. The Morgan fingerprint density at radius 3 is 2.86 bits per heavy atom. The molecule has 21 heavy (non-hydrogen) atoms. The lowest BCUT2D eigenvalue weighted by molar-refractivity contribution is 0.405. The largest absolute Gasteiger partial charge is 0.496 e. The summed E-state index contributed by atoms with van der Waals surface area (Å²) in [6, 6.07) is 6.43. The summed E-state index contributed by atoms with van der Waals surface area (Å²) in [7, 11) is 1.72. The zero-order chi connectivity index (χ0) is 15.2. The van der Waals surface area contributed by atoms with E-state index in [1.807, 2.05) is 17.6 Å². The molecule has 0 aliphatic rings. The molecule has 1 atom stereocenters. The molecule has 0 radical (unpaired) electrons. The van der Waals surface area contributed by atoms with Crippen molar-refractivity contribution >= 4 is 27.3 Å². The Morgan fingerprint density at radius 2 is 2.24 bits per heavy atom. The molecule has 0 spiro atoms. The molecule has 2 aromatic rings. The number of aromatic nitrogens is 1. The smallest absolute Gasteiger partial charge is 0.122 e. The van der Waals surface area contributed by atoms with E-state index in [-0.39, 0.29) is 6.04 Å². The molecule has 0 saturated carbocycles. The van der Waals surface area contributed by atoms with Crippen LogP contribution in [0.2, 0.25) is 0 Å². The van der Waals surface area contributed by atoms with Gasteiger partial charge >= 0.3 is 0 Å². The summed E-state index contributed by atoms with van der Waals surface area (Å²) in [6.07, 6.45) is 2.01. The fourth-order valence-corrected chi connectivity index (χ4v) is 3.64. The van der Waals surface area contributed by atoms with Gasteiger partial charge in [-0.15, -0.1) is 11.3 Å². The van der Waals surface area contributed by atoms with Gasteiger partial charge in [-0.05, 0) is 50.1 Å². The topological polar surface area (TPSA) is 34.1 Å². The minimum atomic E-state index is 0.278. The summed E-state index contributed by atoms with van der Waals surface area (Å²) in [5, 5.41) is 3.63. The van der Waals surface area contributed by atoms with Crippen molar-refractivity contribution in [3.8, 4) is 5.75 Å². The van der Waals surface area contributed by atoms with Crippen LogP contribution in [-0.2, 0) is 6.42 Å². The highest BCUT2D eigenvalue weighted by atomic mass is 79.9. The minimum Gasteiger partial charge on any atom is -0.496 e. The summed E-state index contributed by atoms with van der Waals surface area (Å²) in [5.74, 6) is 0.934. The molecule has 1 aromatic heterocycles. The summed E-state index contributed by atoms with van der Waals surface area (Å²) in [6.45, 7) is 5.26. The Morgan fingerprint density at radius 1 is 1.43 bits per heavy atom. The maximum atomic E-state index is 5.49. The second-order valence-corrected chi connectivity index (χ2v) is 6.77. The van der Waals surface area contributed by atoms with Gasteiger partial charge in [0.05, 0.1) is 18.3 Å². The van der Waals surface area contributed by atoms with Gasteiger partial charge in [0.15, 0.2) is 0 Å². The highest BCUT2D eigenvalue weighted by Gasteiger charge is 2.18. The van der Waals surface area contributed by atoms with E-state index in [9.17, 15) is 0 Å². The normalized spacial score (nSPS) is 12.4. The number of ether oxygens (including phenoxy) is 1. The van der Waals surface area contributed by atoms with Crippen molar-refractivity contribution in [1.29, 1.82) is 0 Å². The molecule has 0 saturated heterocycles. The first-order valence-electron chi connectivity index (χ1n) is 7.11. The Hall–Kier alpha value is -0.910. The van der Waals surface area contributed by atoms with Gasteiger partial charge in [0, 0.05) is 15.4 Å². The summed E-state index contributed by atoms with van der Waals surface area (Å²) >= 11 is 5.26. The predicted octanol–water partition coefficient (Wildman–Crippen LogP) is 4.51. The number of hydrogen-bond donors (Lipinski definition) is 1. The van der Waals surface area contributed by atoms with Crippen LogP contribution in [0, 0.1) is 6.92 Å². The van der Waals surface area contributed by atoms with Crippen LogP contribution in [0.3, 0.4) is 0 Å². The molecule has 2 rings (SSSR count). The lowest BCUT2D eigenvalue weighted by atomic mass is 10.0. The molecule has 0 fully saturated rings. The Bertz CT molecular complexity index is 585. The lowest BCUT2D eigenvalue weighted by Gasteiger charge is -2.19. The van der Waals surface area contributed by atoms with E-state index in [1.165, 1.54) is 10.4 Å². The van der Waals surface area contributed by atoms with Gasteiger partial charge in [0.25, 0.3) is 0 Å². The first kappa shape index (κ1) is 16.5. The van der Waals surface area contributed by atoms with Gasteiger partial charge in [-0.25, -0.2) is 4.98 Å². The standard InChI is InChI=1S/C16H21BrN2OS/c1-4-7-18-14(16-11(2)19-10-21-16)9-12-8-13(17)5-6-15(12)20-3/h5-6,8,10,14,18H,4,7,9H2,1-3H3. The van der Waals surface area contributed by atoms with Crippen molar-refractivity contribution in [2.75, 3.05) is 13.7 Å². The fourth-order valence-electron chi connectivity index (χ4n) is 2.35. The SMILES string of the molecule is CCCNC(Cc1cc(Br)ccc1OC)c1scnc1C. The molecule has 0 aliphatic carbocycles. The minimum absolute atomic E-state index is 0.278. The molecule has 0 aliphatic heterocycles. The summed E-state index contributed by atoms with van der Waals surface area (Å²) in [5.41, 5.74) is 4.24. The van der Waals surface area contributed by atoms with Crippen molar-refractivity contribution in [2.45, 2.75) is 32.7 Å². The van der Waals surface area contributed by atoms with Gasteiger partial charge in [0.2, 0.25) is 0 Å². The van der Waals surface area contributed by atoms with E-state index >= 15 is 0 Å². The van der Waals surface area contributed by atoms with Crippen molar-refractivity contribution in [1.82, 2.24) is 10.3 Å². The van der Waals surface area contributed by atoms with E-state index in [0.29, 0.717) is 0 Å². The van der Waals surface area contributed by atoms with Crippen LogP contribution in [0.1, 0.15) is 35.5 Å². The number of thiazole rings is 1. The van der Waals surface area contributed by atoms with E-state index < -0.39 is 0 Å². The number of nitrogens with one attached hydrogen (secondary N) is 1. The lowest BCUT2D eigenvalue weighted by Crippen LogP contribution is -2.24. The van der Waals surface area contributed by atoms with Gasteiger partial charge < -0.3 is 10.1 Å². The highest BCUT2D eigenvalue weighted by Crippen LogP contribution is 2.30. The molecule has 5 heteroatoms. The van der Waals surface area contributed by atoms with E-state index in [1.54, 1.807) is 18.4 Å². The van der Waals surface area contributed by atoms with Gasteiger partial charge in [0.1, 0.15) is 5.75 Å². The van der Waals surface area contributed by atoms with E-state index in [0.717, 1.165) is 35.3 Å². The number of halogens is 1. The molecular formula is C16H21BrN2OS. The van der Waals surface area contributed by atoms with Gasteiger partial charge in [-0.1, -0.05) is 22.9 Å². The van der Waals surface area contributed by atoms with Gasteiger partial charge in [-0.2, -0.15) is 0 Å². The van der Waals surface area contributed by atoms with Gasteiger partial charge in [-0.3, -0.25) is 0 Å². The predicted molar refractivity (Wildman–Crippen MR) is 92.3 cm³/mol. The molecular weight excluding hydrogens is 348 g/mol. The molecule has 114 valence electrons. The third kappa shape index (κ3) is 4.28. The average molecular weight is 369 g/mol. The number of rotatable bonds is 7. The molecule has 0 amide bonds. The van der Waals surface area contributed by atoms with Crippen molar-refractivity contribution in [2.24, 2.45) is 0 Å². The maximum Gasteiger partial charge on any atom is 0.122 e. The molecule has 1 N–H and O–H groups in total. The van der Waals surface area contributed by atoms with Crippen LogP contribution in [0.25, 0.3) is 0 Å². The van der Waals surface area contributed by atoms with Crippen LogP contribution in [0.5, 0.6) is 5.75 Å². The van der Waals surface area contributed by atoms with Crippen LogP contribution in [0.15, 0.2) is 28.2 Å². The van der Waals surface area contributed by atoms with Crippen molar-refractivity contribution in [3.05, 3.63) is 44.3 Å². The summed E-state index contributed by atoms with van der Waals surface area (Å²) < 4.78 is 6.57. The average Bonchev–Trinajstić information content (AvgIpc) is 2.90. The first-order chi connectivity index (χ1) is 10.2. The van der Waals surface area contributed by atoms with Crippen LogP contribution in [0.4, 0.5) is 0 Å². The quantitative estimate of drug-likeness (QED) is 0.780. The highest BCUT2D eigenvalue weighted by molar-refractivity contribution is 9.10. The van der Waals surface area contributed by atoms with Crippen LogP contribution in [-0.4, -0.2) is 18.6 Å². The number of methoxy groups -OCH3 is 1.